The number of carbonyl (C=O) groups is 2. The Morgan fingerprint density at radius 1 is 1.25 bits per heavy atom. The molecule has 2 aromatic rings. The maximum Gasteiger partial charge on any atom is 0.251 e. The maximum absolute atomic E-state index is 11.8. The molecule has 0 fully saturated rings. The number of aromatic hydroxyl groups is 1. The van der Waals surface area contributed by atoms with Gasteiger partial charge in [0.1, 0.15) is 5.75 Å². The Labute approximate surface area is 144 Å². The van der Waals surface area contributed by atoms with E-state index < -0.39 is 0 Å². The number of aryl methyl sites for hydroxylation is 1. The van der Waals surface area contributed by atoms with Crippen LogP contribution in [0.5, 0.6) is 5.75 Å². The van der Waals surface area contributed by atoms with Gasteiger partial charge in [0.15, 0.2) is 0 Å². The maximum atomic E-state index is 11.8. The molecule has 24 heavy (non-hydrogen) atoms. The van der Waals surface area contributed by atoms with Gasteiger partial charge >= 0.3 is 0 Å². The van der Waals surface area contributed by atoms with Crippen LogP contribution >= 0.6 is 11.3 Å². The van der Waals surface area contributed by atoms with E-state index in [1.54, 1.807) is 23.5 Å². The number of thiazole rings is 1. The predicted molar refractivity (Wildman–Crippen MR) is 93.3 cm³/mol. The molecule has 2 rings (SSSR count). The molecular formula is C17H21N3O3S. The number of phenols is 1. The fourth-order valence-corrected chi connectivity index (χ4v) is 2.83. The van der Waals surface area contributed by atoms with Gasteiger partial charge < -0.3 is 15.7 Å². The summed E-state index contributed by atoms with van der Waals surface area (Å²) in [7, 11) is 0. The number of phenolic OH excluding ortho intramolecular Hbond substituents is 1. The van der Waals surface area contributed by atoms with Gasteiger partial charge in [0, 0.05) is 24.0 Å². The normalized spacial score (nSPS) is 10.4. The first kappa shape index (κ1) is 17.9. The molecule has 0 saturated carbocycles. The van der Waals surface area contributed by atoms with Crippen molar-refractivity contribution in [2.45, 2.75) is 26.2 Å². The summed E-state index contributed by atoms with van der Waals surface area (Å²) >= 11 is 1.57. The van der Waals surface area contributed by atoms with Gasteiger partial charge in [0.2, 0.25) is 5.91 Å². The monoisotopic (exact) mass is 347 g/mol. The van der Waals surface area contributed by atoms with Crippen LogP contribution in [0, 0.1) is 0 Å². The topological polar surface area (TPSA) is 91.3 Å². The second kappa shape index (κ2) is 9.02. The molecule has 2 amide bonds. The van der Waals surface area contributed by atoms with Gasteiger partial charge in [-0.2, -0.15) is 0 Å². The van der Waals surface area contributed by atoms with Crippen molar-refractivity contribution in [2.24, 2.45) is 0 Å². The van der Waals surface area contributed by atoms with E-state index in [1.807, 2.05) is 12.3 Å². The highest BCUT2D eigenvalue weighted by molar-refractivity contribution is 7.09. The highest BCUT2D eigenvalue weighted by Crippen LogP contribution is 2.11. The van der Waals surface area contributed by atoms with Gasteiger partial charge in [-0.15, -0.1) is 11.3 Å². The summed E-state index contributed by atoms with van der Waals surface area (Å²) in [6.07, 6.45) is 1.80. The lowest BCUT2D eigenvalue weighted by atomic mass is 10.2. The van der Waals surface area contributed by atoms with Crippen molar-refractivity contribution in [3.05, 3.63) is 45.9 Å². The highest BCUT2D eigenvalue weighted by atomic mass is 32.1. The molecular weight excluding hydrogens is 326 g/mol. The van der Waals surface area contributed by atoms with Crippen LogP contribution in [0.15, 0.2) is 29.6 Å². The number of amides is 2. The van der Waals surface area contributed by atoms with Gasteiger partial charge in [0.05, 0.1) is 17.1 Å². The van der Waals surface area contributed by atoms with Crippen LogP contribution in [-0.4, -0.2) is 35.0 Å². The lowest BCUT2D eigenvalue weighted by Crippen LogP contribution is -2.30. The van der Waals surface area contributed by atoms with Crippen LogP contribution < -0.4 is 10.6 Å². The summed E-state index contributed by atoms with van der Waals surface area (Å²) < 4.78 is 0. The molecule has 7 heteroatoms. The largest absolute Gasteiger partial charge is 0.508 e. The van der Waals surface area contributed by atoms with Gasteiger partial charge in [-0.05, 0) is 31.0 Å². The first-order valence-corrected chi connectivity index (χ1v) is 8.73. The number of rotatable bonds is 8. The van der Waals surface area contributed by atoms with E-state index in [1.165, 1.54) is 12.1 Å². The average molecular weight is 347 g/mol. The van der Waals surface area contributed by atoms with E-state index in [2.05, 4.69) is 15.6 Å². The van der Waals surface area contributed by atoms with Crippen molar-refractivity contribution in [3.8, 4) is 5.75 Å². The number of benzene rings is 1. The van der Waals surface area contributed by atoms with Crippen molar-refractivity contribution in [3.63, 3.8) is 0 Å². The quantitative estimate of drug-likeness (QED) is 0.636. The molecule has 128 valence electrons. The predicted octanol–water partition coefficient (Wildman–Crippen LogP) is 1.89. The summed E-state index contributed by atoms with van der Waals surface area (Å²) in [5.74, 6) is -0.253. The minimum absolute atomic E-state index is 0.0585. The molecule has 1 heterocycles. The molecule has 0 radical (unpaired) electrons. The Bertz CT molecular complexity index is 700. The van der Waals surface area contributed by atoms with Crippen molar-refractivity contribution < 1.29 is 14.7 Å². The molecule has 0 saturated heterocycles. The molecule has 0 bridgehead atoms. The lowest BCUT2D eigenvalue weighted by Gasteiger charge is -2.07. The highest BCUT2D eigenvalue weighted by Gasteiger charge is 2.07. The van der Waals surface area contributed by atoms with Crippen molar-refractivity contribution >= 4 is 23.2 Å². The average Bonchev–Trinajstić information content (AvgIpc) is 3.02. The van der Waals surface area contributed by atoms with E-state index in [-0.39, 0.29) is 24.0 Å². The van der Waals surface area contributed by atoms with E-state index in [0.29, 0.717) is 25.1 Å². The first-order valence-electron chi connectivity index (χ1n) is 7.85. The van der Waals surface area contributed by atoms with Gasteiger partial charge in [-0.25, -0.2) is 4.98 Å². The molecule has 1 aromatic heterocycles. The Morgan fingerprint density at radius 3 is 2.75 bits per heavy atom. The standard InChI is InChI=1S/C17H21N3O3S/c1-2-16-20-13(11-24-16)10-15(22)18-7-4-8-19-17(23)12-5-3-6-14(21)9-12/h3,5-6,9,11,21H,2,4,7-8,10H2,1H3,(H,18,22)(H,19,23). The van der Waals surface area contributed by atoms with E-state index in [4.69, 9.17) is 0 Å². The fourth-order valence-electron chi connectivity index (χ4n) is 2.09. The van der Waals surface area contributed by atoms with Crippen molar-refractivity contribution in [2.75, 3.05) is 13.1 Å². The zero-order chi connectivity index (χ0) is 17.4. The second-order valence-electron chi connectivity index (χ2n) is 5.27. The minimum Gasteiger partial charge on any atom is -0.508 e. The Balaban J connectivity index is 1.62. The molecule has 3 N–H and O–H groups in total. The van der Waals surface area contributed by atoms with Crippen LogP contribution in [0.4, 0.5) is 0 Å². The third-order valence-corrected chi connectivity index (χ3v) is 4.36. The summed E-state index contributed by atoms with van der Waals surface area (Å²) in [5.41, 5.74) is 1.21. The molecule has 0 aliphatic heterocycles. The van der Waals surface area contributed by atoms with E-state index in [9.17, 15) is 14.7 Å². The lowest BCUT2D eigenvalue weighted by molar-refractivity contribution is -0.120. The number of hydrogen-bond acceptors (Lipinski definition) is 5. The number of nitrogens with zero attached hydrogens (tertiary/aromatic N) is 1. The smallest absolute Gasteiger partial charge is 0.251 e. The number of aromatic nitrogens is 1. The molecule has 0 aliphatic rings. The summed E-state index contributed by atoms with van der Waals surface area (Å²) in [4.78, 5) is 28.0. The molecule has 0 unspecified atom stereocenters. The van der Waals surface area contributed by atoms with Crippen molar-refractivity contribution in [1.29, 1.82) is 0 Å². The summed E-state index contributed by atoms with van der Waals surface area (Å²) in [5, 5.41) is 17.8. The molecule has 0 spiro atoms. The van der Waals surface area contributed by atoms with Crippen LogP contribution in [0.1, 0.15) is 34.4 Å². The number of carbonyl (C=O) groups excluding carboxylic acids is 2. The third-order valence-electron chi connectivity index (χ3n) is 3.31. The van der Waals surface area contributed by atoms with E-state index >= 15 is 0 Å². The van der Waals surface area contributed by atoms with Crippen LogP contribution in [-0.2, 0) is 17.6 Å². The number of hydrogen-bond donors (Lipinski definition) is 3. The van der Waals surface area contributed by atoms with Gasteiger partial charge in [0.25, 0.3) is 5.91 Å². The first-order chi connectivity index (χ1) is 11.6. The van der Waals surface area contributed by atoms with Gasteiger partial charge in [-0.3, -0.25) is 9.59 Å². The molecule has 0 aliphatic carbocycles. The molecule has 0 atom stereocenters. The second-order valence-corrected chi connectivity index (χ2v) is 6.22. The fraction of sp³-hybridized carbons (Fsp3) is 0.353. The van der Waals surface area contributed by atoms with Crippen LogP contribution in [0.3, 0.4) is 0 Å². The van der Waals surface area contributed by atoms with Gasteiger partial charge in [-0.1, -0.05) is 13.0 Å². The van der Waals surface area contributed by atoms with Crippen LogP contribution in [0.25, 0.3) is 0 Å². The minimum atomic E-state index is -0.244. The zero-order valence-corrected chi connectivity index (χ0v) is 14.4. The molecule has 6 nitrogen and oxygen atoms in total. The summed E-state index contributed by atoms with van der Waals surface area (Å²) in [6.45, 7) is 2.98. The third kappa shape index (κ3) is 5.66. The van der Waals surface area contributed by atoms with Crippen LogP contribution in [0.2, 0.25) is 0 Å². The summed E-state index contributed by atoms with van der Waals surface area (Å²) in [6, 6.07) is 6.18. The Hall–Kier alpha value is -2.41. The zero-order valence-electron chi connectivity index (χ0n) is 13.5. The molecule has 1 aromatic carbocycles. The van der Waals surface area contributed by atoms with Crippen molar-refractivity contribution in [1.82, 2.24) is 15.6 Å². The SMILES string of the molecule is CCc1nc(CC(=O)NCCCNC(=O)c2cccc(O)c2)cs1. The Morgan fingerprint density at radius 2 is 2.04 bits per heavy atom. The van der Waals surface area contributed by atoms with E-state index in [0.717, 1.165) is 17.1 Å². The Kier molecular flexibility index (Phi) is 6.74. The number of nitrogens with one attached hydrogen (secondary N) is 2.